The summed E-state index contributed by atoms with van der Waals surface area (Å²) in [6, 6.07) is 10.8. The summed E-state index contributed by atoms with van der Waals surface area (Å²) < 4.78 is 56.0. The minimum atomic E-state index is -5.09. The van der Waals surface area contributed by atoms with E-state index in [1.165, 1.54) is 19.4 Å². The number of halogens is 4. The van der Waals surface area contributed by atoms with Crippen LogP contribution in [-0.4, -0.2) is 114 Å². The molecule has 0 saturated carbocycles. The summed E-state index contributed by atoms with van der Waals surface area (Å²) >= 11 is 6.59. The lowest BCUT2D eigenvalue weighted by Crippen LogP contribution is -2.56. The molecule has 4 aromatic rings. The molecule has 4 amide bonds. The maximum Gasteiger partial charge on any atom is 0.573 e. The molecule has 15 nitrogen and oxygen atoms in total. The smallest absolute Gasteiger partial charge is 0.453 e. The number of carbonyl (C=O) groups is 4. The number of nitrogens with zero attached hydrogens (tertiary/aromatic N) is 5. The van der Waals surface area contributed by atoms with Crippen LogP contribution in [0.5, 0.6) is 5.75 Å². The third kappa shape index (κ3) is 11.1. The molecule has 2 fully saturated rings. The van der Waals surface area contributed by atoms with Crippen molar-refractivity contribution in [1.29, 1.82) is 0 Å². The number of anilines is 2. The van der Waals surface area contributed by atoms with E-state index in [1.807, 2.05) is 46.4 Å². The van der Waals surface area contributed by atoms with E-state index in [2.05, 4.69) is 35.2 Å². The van der Waals surface area contributed by atoms with Gasteiger partial charge in [0.2, 0.25) is 11.8 Å². The number of alkyl carbamates (subject to hydrolysis) is 1. The van der Waals surface area contributed by atoms with Gasteiger partial charge >= 0.3 is 12.5 Å². The van der Waals surface area contributed by atoms with Gasteiger partial charge in [0.1, 0.15) is 23.4 Å². The van der Waals surface area contributed by atoms with Gasteiger partial charge in [0.05, 0.1) is 54.1 Å². The predicted molar refractivity (Wildman–Crippen MR) is 235 cm³/mol. The molecule has 6 rings (SSSR count). The Kier molecular flexibility index (Phi) is 14.5. The zero-order valence-electron chi connectivity index (χ0n) is 37.0. The van der Waals surface area contributed by atoms with E-state index in [0.717, 1.165) is 6.07 Å². The first-order valence-corrected chi connectivity index (χ1v) is 21.3. The summed E-state index contributed by atoms with van der Waals surface area (Å²) in [5.41, 5.74) is 1.09. The number of rotatable bonds is 12. The Bertz CT molecular complexity index is 2320. The number of imidazole rings is 1. The van der Waals surface area contributed by atoms with Gasteiger partial charge in [-0.15, -0.1) is 13.2 Å². The second-order valence-corrected chi connectivity index (χ2v) is 17.9. The fourth-order valence-electron chi connectivity index (χ4n) is 8.09. The van der Waals surface area contributed by atoms with Crippen LogP contribution >= 0.6 is 11.6 Å². The maximum atomic E-state index is 13.9. The number of aromatic amines is 1. The van der Waals surface area contributed by atoms with E-state index < -0.39 is 41.6 Å². The van der Waals surface area contributed by atoms with E-state index in [1.54, 1.807) is 54.6 Å². The zero-order valence-corrected chi connectivity index (χ0v) is 37.8. The van der Waals surface area contributed by atoms with E-state index in [-0.39, 0.29) is 51.5 Å². The molecule has 19 heteroatoms. The molecule has 3 N–H and O–H groups in total. The van der Waals surface area contributed by atoms with Crippen molar-refractivity contribution in [2.24, 2.45) is 17.3 Å². The zero-order chi connectivity index (χ0) is 46.7. The number of likely N-dealkylation sites (tertiary alicyclic amines) is 1. The Labute approximate surface area is 375 Å². The third-order valence-electron chi connectivity index (χ3n) is 11.3. The van der Waals surface area contributed by atoms with Crippen molar-refractivity contribution in [3.05, 3.63) is 77.3 Å². The number of pyridine rings is 1. The molecule has 2 aliphatic heterocycles. The Balaban J connectivity index is 1.18. The lowest BCUT2D eigenvalue weighted by molar-refractivity contribution is -0.274. The van der Waals surface area contributed by atoms with Crippen LogP contribution in [0, 0.1) is 17.3 Å². The summed E-state index contributed by atoms with van der Waals surface area (Å²) in [6.07, 6.45) is -2.21. The van der Waals surface area contributed by atoms with Crippen LogP contribution < -0.4 is 20.3 Å². The molecule has 0 bridgehead atoms. The van der Waals surface area contributed by atoms with Gasteiger partial charge in [0.15, 0.2) is 0 Å². The van der Waals surface area contributed by atoms with Crippen molar-refractivity contribution >= 4 is 46.9 Å². The molecular weight excluding hydrogens is 857 g/mol. The van der Waals surface area contributed by atoms with Crippen molar-refractivity contribution in [2.75, 3.05) is 57.2 Å². The maximum absolute atomic E-state index is 13.9. The highest BCUT2D eigenvalue weighted by molar-refractivity contribution is 6.35. The SMILES string of the molecule is COC[C@H]1C[C@@H](c2ncc(-c3ccc(-c4cc(Cl)c(C(=O)Nc5ccc(N6CCN(C(=O)C(C)(C)C)C[C@H]6C)nc5)cc4OC(F)(F)F)cc3)[nH]2)N(C(=O)[C@@H](NC(=O)OC)C(C)C)C1. The van der Waals surface area contributed by atoms with E-state index >= 15 is 0 Å². The number of piperazine rings is 1. The molecular formula is C45H54ClF3N8O7. The molecule has 2 saturated heterocycles. The fraction of sp³-hybridized carbons (Fsp3) is 0.467. The van der Waals surface area contributed by atoms with Gasteiger partial charge in [-0.3, -0.25) is 14.4 Å². The first-order chi connectivity index (χ1) is 30.2. The van der Waals surface area contributed by atoms with Crippen molar-refractivity contribution < 1.29 is 46.6 Å². The molecule has 2 aliphatic rings. The minimum Gasteiger partial charge on any atom is -0.453 e. The van der Waals surface area contributed by atoms with Crippen molar-refractivity contribution in [1.82, 2.24) is 30.1 Å². The average molecular weight is 911 g/mol. The van der Waals surface area contributed by atoms with Crippen LogP contribution in [-0.2, 0) is 19.1 Å². The second kappa shape index (κ2) is 19.5. The lowest BCUT2D eigenvalue weighted by Gasteiger charge is -2.42. The molecule has 4 heterocycles. The molecule has 0 unspecified atom stereocenters. The number of ether oxygens (including phenoxy) is 3. The number of carbonyl (C=O) groups excluding carboxylic acids is 4. The number of hydrogen-bond donors (Lipinski definition) is 3. The van der Waals surface area contributed by atoms with Gasteiger partial charge in [0, 0.05) is 56.2 Å². The number of amides is 4. The first kappa shape index (κ1) is 47.6. The van der Waals surface area contributed by atoms with Crippen LogP contribution in [0.3, 0.4) is 0 Å². The molecule has 0 radical (unpaired) electrons. The third-order valence-corrected chi connectivity index (χ3v) is 11.6. The highest BCUT2D eigenvalue weighted by Gasteiger charge is 2.42. The molecule has 2 aromatic carbocycles. The Morgan fingerprint density at radius 2 is 1.66 bits per heavy atom. The largest absolute Gasteiger partial charge is 0.573 e. The van der Waals surface area contributed by atoms with Crippen LogP contribution in [0.1, 0.15) is 70.2 Å². The summed E-state index contributed by atoms with van der Waals surface area (Å²) in [7, 11) is 2.82. The standard InChI is InChI=1S/C45H54ClF3N8O7/c1-25(2)38(54-43(61)63-8)41(59)57-23-27(24-62-7)17-35(57)39-51-21-34(53-39)29-11-9-28(10-12-29)31-18-33(46)32(19-36(31)64-45(47,48)49)40(58)52-30-13-14-37(50-20-30)56-16-15-55(22-26(56)3)42(60)44(4,5)6/h9-14,18-21,25-27,35,38H,15-17,22-24H2,1-8H3,(H,51,53)(H,52,58)(H,54,61)/t26-,27+,35+,38+/m1/s1. The molecule has 344 valence electrons. The van der Waals surface area contributed by atoms with E-state index in [4.69, 9.17) is 21.1 Å². The number of nitrogens with one attached hydrogen (secondary N) is 3. The van der Waals surface area contributed by atoms with Gasteiger partial charge in [0.25, 0.3) is 5.91 Å². The number of methoxy groups -OCH3 is 2. The minimum absolute atomic E-state index is 0.00798. The fourth-order valence-corrected chi connectivity index (χ4v) is 8.34. The highest BCUT2D eigenvalue weighted by atomic mass is 35.5. The molecule has 0 aliphatic carbocycles. The number of H-pyrrole nitrogens is 1. The summed E-state index contributed by atoms with van der Waals surface area (Å²) in [5.74, 6) is -0.693. The van der Waals surface area contributed by atoms with Gasteiger partial charge < -0.3 is 44.5 Å². The number of alkyl halides is 3. The Morgan fingerprint density at radius 3 is 2.25 bits per heavy atom. The van der Waals surface area contributed by atoms with Gasteiger partial charge in [-0.25, -0.2) is 14.8 Å². The average Bonchev–Trinajstić information content (AvgIpc) is 3.90. The predicted octanol–water partition coefficient (Wildman–Crippen LogP) is 7.94. The van der Waals surface area contributed by atoms with E-state index in [9.17, 15) is 32.3 Å². The normalized spacial score (nSPS) is 18.5. The quantitative estimate of drug-likeness (QED) is 0.127. The number of aromatic nitrogens is 3. The van der Waals surface area contributed by atoms with Crippen molar-refractivity contribution in [3.8, 4) is 28.1 Å². The van der Waals surface area contributed by atoms with Crippen LogP contribution in [0.15, 0.2) is 60.9 Å². The Hall–Kier alpha value is -5.88. The molecule has 0 spiro atoms. The molecule has 4 atom stereocenters. The van der Waals surface area contributed by atoms with Crippen LogP contribution in [0.2, 0.25) is 5.02 Å². The number of benzene rings is 2. The van der Waals surface area contributed by atoms with Gasteiger partial charge in [-0.05, 0) is 54.7 Å². The molecule has 64 heavy (non-hydrogen) atoms. The van der Waals surface area contributed by atoms with Crippen molar-refractivity contribution in [2.45, 2.75) is 72.5 Å². The molecule has 2 aromatic heterocycles. The first-order valence-electron chi connectivity index (χ1n) is 20.9. The van der Waals surface area contributed by atoms with Gasteiger partial charge in [-0.2, -0.15) is 0 Å². The second-order valence-electron chi connectivity index (χ2n) is 17.5. The van der Waals surface area contributed by atoms with Crippen LogP contribution in [0.4, 0.5) is 29.5 Å². The number of hydrogen-bond acceptors (Lipinski definition) is 10. The lowest BCUT2D eigenvalue weighted by atomic mass is 9.94. The van der Waals surface area contributed by atoms with Crippen LogP contribution in [0.25, 0.3) is 22.4 Å². The monoisotopic (exact) mass is 910 g/mol. The van der Waals surface area contributed by atoms with Crippen molar-refractivity contribution in [3.63, 3.8) is 0 Å². The Morgan fingerprint density at radius 1 is 0.953 bits per heavy atom. The van der Waals surface area contributed by atoms with E-state index in [0.29, 0.717) is 67.7 Å². The topological polar surface area (TPSA) is 171 Å². The summed E-state index contributed by atoms with van der Waals surface area (Å²) in [6.45, 7) is 13.7. The van der Waals surface area contributed by atoms with Gasteiger partial charge in [-0.1, -0.05) is 70.5 Å². The highest BCUT2D eigenvalue weighted by Crippen LogP contribution is 2.40. The summed E-state index contributed by atoms with van der Waals surface area (Å²) in [5, 5.41) is 5.19. The summed E-state index contributed by atoms with van der Waals surface area (Å²) in [4.78, 5) is 70.3.